The molecule has 1 rings (SSSR count). The molecule has 1 aromatic carbocycles. The molecule has 4 heteroatoms. The Kier molecular flexibility index (Phi) is 6.52. The first-order valence-corrected chi connectivity index (χ1v) is 7.17. The fraction of sp³-hybridized carbons (Fsp3) is 0.562. The summed E-state index contributed by atoms with van der Waals surface area (Å²) in [4.78, 5) is 2.37. The smallest absolute Gasteiger partial charge is 0.140 e. The van der Waals surface area contributed by atoms with Gasteiger partial charge in [0.25, 0.3) is 0 Å². The maximum Gasteiger partial charge on any atom is 0.140 e. The Hall–Kier alpha value is -1.55. The van der Waals surface area contributed by atoms with Crippen molar-refractivity contribution < 1.29 is 5.21 Å². The first-order chi connectivity index (χ1) is 9.42. The largest absolute Gasteiger partial charge is 0.409 e. The van der Waals surface area contributed by atoms with Crippen molar-refractivity contribution in [2.45, 2.75) is 40.7 Å². The monoisotopic (exact) mass is 277 g/mol. The molecule has 112 valence electrons. The normalized spacial score (nSPS) is 12.4. The highest BCUT2D eigenvalue weighted by atomic mass is 16.4. The van der Waals surface area contributed by atoms with Crippen LogP contribution in [-0.2, 0) is 6.54 Å². The van der Waals surface area contributed by atoms with Gasteiger partial charge < -0.3 is 10.9 Å². The van der Waals surface area contributed by atoms with Crippen molar-refractivity contribution in [3.8, 4) is 0 Å². The van der Waals surface area contributed by atoms with E-state index in [-0.39, 0.29) is 0 Å². The lowest BCUT2D eigenvalue weighted by molar-refractivity contribution is 0.240. The van der Waals surface area contributed by atoms with Gasteiger partial charge in [-0.3, -0.25) is 4.90 Å². The second-order valence-electron chi connectivity index (χ2n) is 5.90. The van der Waals surface area contributed by atoms with Gasteiger partial charge in [0.1, 0.15) is 5.84 Å². The van der Waals surface area contributed by atoms with Crippen molar-refractivity contribution in [2.24, 2.45) is 16.8 Å². The number of hydrogen-bond acceptors (Lipinski definition) is 3. The summed E-state index contributed by atoms with van der Waals surface area (Å²) in [6, 6.07) is 6.55. The van der Waals surface area contributed by atoms with E-state index in [4.69, 9.17) is 10.9 Å². The van der Waals surface area contributed by atoms with E-state index >= 15 is 0 Å². The van der Waals surface area contributed by atoms with Crippen LogP contribution in [0.15, 0.2) is 23.4 Å². The number of hydrogen-bond donors (Lipinski definition) is 2. The number of rotatable bonds is 7. The Balaban J connectivity index is 2.75. The van der Waals surface area contributed by atoms with Crippen molar-refractivity contribution in [1.82, 2.24) is 4.90 Å². The molecule has 0 heterocycles. The van der Waals surface area contributed by atoms with Gasteiger partial charge in [-0.1, -0.05) is 42.8 Å². The molecular formula is C16H27N3O. The molecule has 20 heavy (non-hydrogen) atoms. The van der Waals surface area contributed by atoms with E-state index in [0.29, 0.717) is 18.2 Å². The maximum absolute atomic E-state index is 8.64. The van der Waals surface area contributed by atoms with Gasteiger partial charge in [-0.25, -0.2) is 0 Å². The Morgan fingerprint density at radius 3 is 2.65 bits per heavy atom. The van der Waals surface area contributed by atoms with Crippen LogP contribution in [0, 0.1) is 19.8 Å². The van der Waals surface area contributed by atoms with Gasteiger partial charge in [0.15, 0.2) is 0 Å². The van der Waals surface area contributed by atoms with Gasteiger partial charge in [-0.15, -0.1) is 0 Å². The highest BCUT2D eigenvalue weighted by Crippen LogP contribution is 2.14. The minimum Gasteiger partial charge on any atom is -0.409 e. The lowest BCUT2D eigenvalue weighted by Crippen LogP contribution is -2.31. The van der Waals surface area contributed by atoms with Crippen molar-refractivity contribution in [3.05, 3.63) is 34.9 Å². The van der Waals surface area contributed by atoms with Gasteiger partial charge in [0.2, 0.25) is 0 Å². The Morgan fingerprint density at radius 2 is 2.05 bits per heavy atom. The Labute approximate surface area is 122 Å². The fourth-order valence-corrected chi connectivity index (χ4v) is 2.29. The van der Waals surface area contributed by atoms with E-state index in [1.165, 1.54) is 16.7 Å². The van der Waals surface area contributed by atoms with Crippen molar-refractivity contribution in [1.29, 1.82) is 0 Å². The first-order valence-electron chi connectivity index (χ1n) is 7.17. The molecule has 0 radical (unpaired) electrons. The zero-order valence-corrected chi connectivity index (χ0v) is 13.1. The molecule has 3 N–H and O–H groups in total. The van der Waals surface area contributed by atoms with Gasteiger partial charge in [0.05, 0.1) is 0 Å². The maximum atomic E-state index is 8.64. The number of nitrogens with zero attached hydrogens (tertiary/aromatic N) is 2. The summed E-state index contributed by atoms with van der Waals surface area (Å²) >= 11 is 0. The quantitative estimate of drug-likeness (QED) is 0.349. The van der Waals surface area contributed by atoms with Crippen LogP contribution < -0.4 is 5.73 Å². The van der Waals surface area contributed by atoms with Crippen LogP contribution in [0.4, 0.5) is 0 Å². The average molecular weight is 277 g/mol. The standard InChI is InChI=1S/C16H27N3O/c1-12(2)10-19(8-7-16(17)18-20)11-15-9-13(3)5-6-14(15)4/h5-6,9,12,20H,7-8,10-11H2,1-4H3,(H2,17,18). The Bertz CT molecular complexity index is 455. The highest BCUT2D eigenvalue weighted by molar-refractivity contribution is 5.79. The van der Waals surface area contributed by atoms with Crippen LogP contribution >= 0.6 is 0 Å². The van der Waals surface area contributed by atoms with Gasteiger partial charge in [-0.05, 0) is 30.9 Å². The molecule has 0 amide bonds. The molecule has 0 aromatic heterocycles. The number of oxime groups is 1. The molecule has 0 aliphatic rings. The number of benzene rings is 1. The zero-order chi connectivity index (χ0) is 15.1. The van der Waals surface area contributed by atoms with Crippen molar-refractivity contribution >= 4 is 5.84 Å². The van der Waals surface area contributed by atoms with Crippen LogP contribution in [-0.4, -0.2) is 29.0 Å². The third-order valence-corrected chi connectivity index (χ3v) is 3.33. The number of nitrogens with two attached hydrogens (primary N) is 1. The number of amidine groups is 1. The molecule has 0 atom stereocenters. The summed E-state index contributed by atoms with van der Waals surface area (Å²) in [6.07, 6.45) is 0.591. The van der Waals surface area contributed by atoms with Crippen LogP contribution in [0.5, 0.6) is 0 Å². The molecular weight excluding hydrogens is 250 g/mol. The SMILES string of the molecule is Cc1ccc(C)c(CN(CCC(N)=NO)CC(C)C)c1. The third-order valence-electron chi connectivity index (χ3n) is 3.33. The van der Waals surface area contributed by atoms with E-state index < -0.39 is 0 Å². The van der Waals surface area contributed by atoms with E-state index in [1.807, 2.05) is 0 Å². The lowest BCUT2D eigenvalue weighted by Gasteiger charge is -2.25. The summed E-state index contributed by atoms with van der Waals surface area (Å²) in [5.74, 6) is 0.882. The average Bonchev–Trinajstić information content (AvgIpc) is 2.39. The predicted octanol–water partition coefficient (Wildman–Crippen LogP) is 2.90. The topological polar surface area (TPSA) is 61.8 Å². The molecule has 0 saturated carbocycles. The summed E-state index contributed by atoms with van der Waals surface area (Å²) in [5, 5.41) is 11.7. The highest BCUT2D eigenvalue weighted by Gasteiger charge is 2.11. The fourth-order valence-electron chi connectivity index (χ4n) is 2.29. The van der Waals surface area contributed by atoms with Gasteiger partial charge in [-0.2, -0.15) is 0 Å². The van der Waals surface area contributed by atoms with Crippen LogP contribution in [0.25, 0.3) is 0 Å². The molecule has 0 aliphatic heterocycles. The van der Waals surface area contributed by atoms with Crippen LogP contribution in [0.2, 0.25) is 0 Å². The molecule has 0 bridgehead atoms. The molecule has 4 nitrogen and oxygen atoms in total. The zero-order valence-electron chi connectivity index (χ0n) is 13.1. The van der Waals surface area contributed by atoms with Crippen molar-refractivity contribution in [2.75, 3.05) is 13.1 Å². The summed E-state index contributed by atoms with van der Waals surface area (Å²) in [5.41, 5.74) is 9.52. The minimum absolute atomic E-state index is 0.291. The Morgan fingerprint density at radius 1 is 1.35 bits per heavy atom. The predicted molar refractivity (Wildman–Crippen MR) is 84.1 cm³/mol. The molecule has 0 aliphatic carbocycles. The van der Waals surface area contributed by atoms with Crippen LogP contribution in [0.1, 0.15) is 37.0 Å². The van der Waals surface area contributed by atoms with Gasteiger partial charge in [0, 0.05) is 26.1 Å². The second kappa shape index (κ2) is 7.90. The van der Waals surface area contributed by atoms with Crippen molar-refractivity contribution in [3.63, 3.8) is 0 Å². The molecule has 0 spiro atoms. The summed E-state index contributed by atoms with van der Waals surface area (Å²) < 4.78 is 0. The molecule has 0 unspecified atom stereocenters. The van der Waals surface area contributed by atoms with E-state index in [9.17, 15) is 0 Å². The minimum atomic E-state index is 0.291. The van der Waals surface area contributed by atoms with E-state index in [2.05, 4.69) is 55.9 Å². The van der Waals surface area contributed by atoms with E-state index in [1.54, 1.807) is 0 Å². The summed E-state index contributed by atoms with van der Waals surface area (Å²) in [6.45, 7) is 11.4. The first kappa shape index (κ1) is 16.5. The van der Waals surface area contributed by atoms with Crippen LogP contribution in [0.3, 0.4) is 0 Å². The number of aryl methyl sites for hydroxylation is 2. The van der Waals surface area contributed by atoms with E-state index in [0.717, 1.165) is 19.6 Å². The summed E-state index contributed by atoms with van der Waals surface area (Å²) in [7, 11) is 0. The second-order valence-corrected chi connectivity index (χ2v) is 5.90. The molecule has 1 aromatic rings. The van der Waals surface area contributed by atoms with Gasteiger partial charge >= 0.3 is 0 Å². The lowest BCUT2D eigenvalue weighted by atomic mass is 10.0. The molecule has 0 fully saturated rings. The molecule has 0 saturated heterocycles. The third kappa shape index (κ3) is 5.61.